The fourth-order valence-electron chi connectivity index (χ4n) is 0.929. The topological polar surface area (TPSA) is 65.3 Å². The molecule has 2 N–H and O–H groups in total. The van der Waals surface area contributed by atoms with E-state index in [4.69, 9.17) is 5.53 Å². The molecule has 0 aromatic carbocycles. The molecular weight excluding hydrogens is 118 g/mol. The molecule has 1 amide bonds. The van der Waals surface area contributed by atoms with E-state index in [9.17, 15) is 4.79 Å². The molecule has 50 valence electrons. The van der Waals surface area contributed by atoms with Gasteiger partial charge >= 0.3 is 0 Å². The number of carbonyl (C=O) groups is 1. The molecule has 1 unspecified atom stereocenters. The molecule has 0 radical (unpaired) electrons. The third kappa shape index (κ3) is 1.25. The van der Waals surface area contributed by atoms with Gasteiger partial charge in [-0.2, -0.15) is 5.11 Å². The Morgan fingerprint density at radius 2 is 2.67 bits per heavy atom. The highest BCUT2D eigenvalue weighted by Crippen LogP contribution is 2.08. The third-order valence-electron chi connectivity index (χ3n) is 1.47. The van der Waals surface area contributed by atoms with Gasteiger partial charge in [-0.05, 0) is 6.42 Å². The summed E-state index contributed by atoms with van der Waals surface area (Å²) in [6.07, 6.45) is 0.835. The Hall–Kier alpha value is -0.930. The largest absolute Gasteiger partial charge is 0.356 e. The first kappa shape index (κ1) is 6.19. The van der Waals surface area contributed by atoms with Crippen molar-refractivity contribution in [3.05, 3.63) is 0 Å². The predicted octanol–water partition coefficient (Wildman–Crippen LogP) is 0.153. The number of rotatable bonds is 2. The van der Waals surface area contributed by atoms with Gasteiger partial charge in [0.05, 0.1) is 12.5 Å². The minimum atomic E-state index is -0.0255. The van der Waals surface area contributed by atoms with Crippen LogP contribution < -0.4 is 5.32 Å². The summed E-state index contributed by atoms with van der Waals surface area (Å²) in [4.78, 5) is 10.7. The van der Waals surface area contributed by atoms with Gasteiger partial charge in [0.15, 0.2) is 0 Å². The summed E-state index contributed by atoms with van der Waals surface area (Å²) < 4.78 is 0. The number of hydrogen-bond donors (Lipinski definition) is 2. The van der Waals surface area contributed by atoms with E-state index < -0.39 is 0 Å². The molecule has 1 aliphatic heterocycles. The lowest BCUT2D eigenvalue weighted by Gasteiger charge is -1.97. The fraction of sp³-hybridized carbons (Fsp3) is 0.800. The zero-order chi connectivity index (χ0) is 6.69. The molecule has 0 saturated carbocycles. The Labute approximate surface area is 53.1 Å². The van der Waals surface area contributed by atoms with Crippen LogP contribution in [-0.2, 0) is 4.79 Å². The number of amides is 1. The van der Waals surface area contributed by atoms with Gasteiger partial charge in [-0.3, -0.25) is 4.79 Å². The third-order valence-corrected chi connectivity index (χ3v) is 1.47. The number of nitrogens with zero attached hydrogens (tertiary/aromatic N) is 1. The van der Waals surface area contributed by atoms with E-state index in [0.29, 0.717) is 6.54 Å². The van der Waals surface area contributed by atoms with Gasteiger partial charge in [-0.1, -0.05) is 0 Å². The fourth-order valence-corrected chi connectivity index (χ4v) is 0.929. The highest BCUT2D eigenvalue weighted by atomic mass is 16.2. The summed E-state index contributed by atoms with van der Waals surface area (Å²) in [7, 11) is 0. The van der Waals surface area contributed by atoms with E-state index in [2.05, 4.69) is 10.4 Å². The summed E-state index contributed by atoms with van der Waals surface area (Å²) in [5.74, 6) is 0.0218. The number of carbonyl (C=O) groups excluding carboxylic acids is 1. The molecule has 1 heterocycles. The number of nitrogens with one attached hydrogen (secondary N) is 2. The van der Waals surface area contributed by atoms with Crippen molar-refractivity contribution in [2.75, 3.05) is 13.1 Å². The summed E-state index contributed by atoms with van der Waals surface area (Å²) in [6.45, 7) is 1.10. The van der Waals surface area contributed by atoms with Crippen LogP contribution in [0.4, 0.5) is 0 Å². The van der Waals surface area contributed by atoms with Gasteiger partial charge in [0, 0.05) is 6.54 Å². The second-order valence-corrected chi connectivity index (χ2v) is 2.12. The Kier molecular flexibility index (Phi) is 1.77. The van der Waals surface area contributed by atoms with E-state index in [1.54, 1.807) is 0 Å². The van der Waals surface area contributed by atoms with Crippen LogP contribution in [0.25, 0.3) is 0 Å². The van der Waals surface area contributed by atoms with Crippen LogP contribution in [0.15, 0.2) is 5.11 Å². The maximum atomic E-state index is 10.7. The first-order valence-electron chi connectivity index (χ1n) is 2.95. The smallest absolute Gasteiger partial charge is 0.225 e. The average Bonchev–Trinajstić information content (AvgIpc) is 2.18. The van der Waals surface area contributed by atoms with Gasteiger partial charge in [0.25, 0.3) is 0 Å². The van der Waals surface area contributed by atoms with Gasteiger partial charge in [0.1, 0.15) is 0 Å². The van der Waals surface area contributed by atoms with E-state index in [0.717, 1.165) is 13.0 Å². The first-order chi connectivity index (χ1) is 4.34. The van der Waals surface area contributed by atoms with E-state index in [1.807, 2.05) is 0 Å². The van der Waals surface area contributed by atoms with Crippen LogP contribution in [-0.4, -0.2) is 19.0 Å². The zero-order valence-electron chi connectivity index (χ0n) is 5.05. The maximum Gasteiger partial charge on any atom is 0.225 e. The van der Waals surface area contributed by atoms with Crippen molar-refractivity contribution >= 4 is 5.91 Å². The van der Waals surface area contributed by atoms with Crippen molar-refractivity contribution in [1.82, 2.24) is 5.32 Å². The normalized spacial score (nSPS) is 25.8. The van der Waals surface area contributed by atoms with Crippen LogP contribution in [0.5, 0.6) is 0 Å². The molecule has 0 aromatic rings. The zero-order valence-corrected chi connectivity index (χ0v) is 5.05. The second kappa shape index (κ2) is 2.57. The second-order valence-electron chi connectivity index (χ2n) is 2.12. The summed E-state index contributed by atoms with van der Waals surface area (Å²) in [5, 5.41) is 5.83. The average molecular weight is 127 g/mol. The van der Waals surface area contributed by atoms with Crippen LogP contribution >= 0.6 is 0 Å². The molecule has 1 rings (SSSR count). The standard InChI is InChI=1S/C5H9N3O/c6-8-3-4-1-2-7-5(4)9/h4,6H,1-3H2,(H,7,9). The Morgan fingerprint density at radius 1 is 1.89 bits per heavy atom. The quantitative estimate of drug-likeness (QED) is 0.509. The minimum Gasteiger partial charge on any atom is -0.356 e. The van der Waals surface area contributed by atoms with Crippen LogP contribution in [0.1, 0.15) is 6.42 Å². The van der Waals surface area contributed by atoms with Crippen LogP contribution in [0, 0.1) is 11.4 Å². The molecule has 0 aliphatic carbocycles. The lowest BCUT2D eigenvalue weighted by molar-refractivity contribution is -0.122. The first-order valence-corrected chi connectivity index (χ1v) is 2.95. The lowest BCUT2D eigenvalue weighted by Crippen LogP contribution is -2.20. The van der Waals surface area contributed by atoms with Crippen molar-refractivity contribution in [3.63, 3.8) is 0 Å². The van der Waals surface area contributed by atoms with E-state index in [1.165, 1.54) is 0 Å². The molecule has 0 spiro atoms. The summed E-state index contributed by atoms with van der Waals surface area (Å²) >= 11 is 0. The van der Waals surface area contributed by atoms with Gasteiger partial charge in [0.2, 0.25) is 5.91 Å². The van der Waals surface area contributed by atoms with Crippen molar-refractivity contribution < 1.29 is 4.79 Å². The number of hydrogen-bond acceptors (Lipinski definition) is 3. The molecule has 9 heavy (non-hydrogen) atoms. The molecule has 0 aromatic heterocycles. The molecule has 1 fully saturated rings. The maximum absolute atomic E-state index is 10.7. The van der Waals surface area contributed by atoms with Gasteiger partial charge < -0.3 is 5.32 Å². The summed E-state index contributed by atoms with van der Waals surface area (Å²) in [6, 6.07) is 0. The Morgan fingerprint density at radius 3 is 3.11 bits per heavy atom. The predicted molar refractivity (Wildman–Crippen MR) is 31.1 cm³/mol. The molecule has 1 aliphatic rings. The highest BCUT2D eigenvalue weighted by molar-refractivity contribution is 5.80. The van der Waals surface area contributed by atoms with Crippen LogP contribution in [0.2, 0.25) is 0 Å². The molecule has 4 nitrogen and oxygen atoms in total. The highest BCUT2D eigenvalue weighted by Gasteiger charge is 2.22. The van der Waals surface area contributed by atoms with Crippen molar-refractivity contribution in [1.29, 1.82) is 5.53 Å². The van der Waals surface area contributed by atoms with E-state index >= 15 is 0 Å². The lowest BCUT2D eigenvalue weighted by atomic mass is 10.1. The monoisotopic (exact) mass is 127 g/mol. The molecule has 1 atom stereocenters. The molecule has 0 bridgehead atoms. The van der Waals surface area contributed by atoms with E-state index in [-0.39, 0.29) is 11.8 Å². The van der Waals surface area contributed by atoms with Crippen molar-refractivity contribution in [2.24, 2.45) is 11.0 Å². The van der Waals surface area contributed by atoms with Crippen LogP contribution in [0.3, 0.4) is 0 Å². The molecule has 1 saturated heterocycles. The van der Waals surface area contributed by atoms with Crippen molar-refractivity contribution in [3.8, 4) is 0 Å². The summed E-state index contributed by atoms with van der Waals surface area (Å²) in [5.41, 5.74) is 6.50. The SMILES string of the molecule is N=NCC1CCNC1=O. The molecule has 4 heteroatoms. The minimum absolute atomic E-state index is 0.0255. The molecular formula is C5H9N3O. The van der Waals surface area contributed by atoms with Gasteiger partial charge in [-0.25, -0.2) is 5.53 Å². The Bertz CT molecular complexity index is 134. The van der Waals surface area contributed by atoms with Crippen molar-refractivity contribution in [2.45, 2.75) is 6.42 Å². The van der Waals surface area contributed by atoms with Gasteiger partial charge in [-0.15, -0.1) is 0 Å². The Balaban J connectivity index is 2.39.